The predicted octanol–water partition coefficient (Wildman–Crippen LogP) is 2.65. The first kappa shape index (κ1) is 20.8. The van der Waals surface area contributed by atoms with Crippen LogP contribution >= 0.6 is 0 Å². The number of amides is 1. The highest BCUT2D eigenvalue weighted by molar-refractivity contribution is 6.03. The van der Waals surface area contributed by atoms with Gasteiger partial charge >= 0.3 is 0 Å². The number of nitrogens with two attached hydrogens (primary N) is 1. The van der Waals surface area contributed by atoms with E-state index in [1.54, 1.807) is 4.57 Å². The molecule has 0 radical (unpaired) electrons. The van der Waals surface area contributed by atoms with E-state index in [2.05, 4.69) is 15.5 Å². The molecule has 31 heavy (non-hydrogen) atoms. The molecule has 0 aliphatic rings. The molecule has 160 valence electrons. The number of pyridine rings is 1. The fraction of sp³-hybridized carbons (Fsp3) is 0.292. The van der Waals surface area contributed by atoms with Gasteiger partial charge < -0.3 is 15.6 Å². The summed E-state index contributed by atoms with van der Waals surface area (Å²) in [5, 5.41) is 11.7. The molecule has 7 nitrogen and oxygen atoms in total. The summed E-state index contributed by atoms with van der Waals surface area (Å²) < 4.78 is 1.77. The molecule has 0 saturated heterocycles. The highest BCUT2D eigenvalue weighted by atomic mass is 16.2. The Kier molecular flexibility index (Phi) is 6.13. The fourth-order valence-corrected chi connectivity index (χ4v) is 3.94. The molecular weight excluding hydrogens is 390 g/mol. The molecule has 1 amide bonds. The number of aromatic amines is 1. The topological polar surface area (TPSA) is 106 Å². The number of H-pyrrole nitrogens is 1. The summed E-state index contributed by atoms with van der Waals surface area (Å²) in [4.78, 5) is 25.4. The van der Waals surface area contributed by atoms with Crippen molar-refractivity contribution in [1.29, 1.82) is 0 Å². The summed E-state index contributed by atoms with van der Waals surface area (Å²) >= 11 is 0. The first-order chi connectivity index (χ1) is 15.1. The van der Waals surface area contributed by atoms with Gasteiger partial charge in [-0.25, -0.2) is 0 Å². The lowest BCUT2D eigenvalue weighted by Gasteiger charge is -2.14. The molecule has 1 unspecified atom stereocenters. The molecular formula is C24H27N5O2. The Bertz CT molecular complexity index is 1260. The van der Waals surface area contributed by atoms with Crippen LogP contribution in [0.25, 0.3) is 21.8 Å². The Hall–Kier alpha value is -3.45. The third-order valence-electron chi connectivity index (χ3n) is 5.64. The summed E-state index contributed by atoms with van der Waals surface area (Å²) in [7, 11) is 0. The van der Waals surface area contributed by atoms with Crippen LogP contribution < -0.4 is 16.6 Å². The minimum atomic E-state index is -0.548. The van der Waals surface area contributed by atoms with Gasteiger partial charge in [-0.15, -0.1) is 0 Å². The summed E-state index contributed by atoms with van der Waals surface area (Å²) in [6.07, 6.45) is 1.99. The number of aromatic nitrogens is 3. The molecule has 0 aliphatic heterocycles. The fourth-order valence-electron chi connectivity index (χ4n) is 3.94. The van der Waals surface area contributed by atoms with Crippen molar-refractivity contribution in [2.75, 3.05) is 6.54 Å². The Morgan fingerprint density at radius 2 is 1.90 bits per heavy atom. The number of rotatable bonds is 8. The van der Waals surface area contributed by atoms with Crippen LogP contribution in [-0.2, 0) is 17.8 Å². The molecule has 4 rings (SSSR count). The standard InChI is InChI=1S/C24H27N5O2/c1-16-21-22(28-27-16)18-10-5-6-11-20(18)29(24(21)31)15-7-14-26-23(30)19(25)13-12-17-8-3-2-4-9-17/h2-6,8-11,19H,7,12-15,25H2,1H3,(H,26,30)(H,27,28). The van der Waals surface area contributed by atoms with E-state index in [1.165, 1.54) is 5.56 Å². The van der Waals surface area contributed by atoms with E-state index in [-0.39, 0.29) is 11.5 Å². The molecule has 0 spiro atoms. The number of aryl methyl sites for hydroxylation is 3. The smallest absolute Gasteiger partial charge is 0.262 e. The van der Waals surface area contributed by atoms with E-state index in [9.17, 15) is 9.59 Å². The largest absolute Gasteiger partial charge is 0.355 e. The van der Waals surface area contributed by atoms with Gasteiger partial charge in [-0.2, -0.15) is 5.10 Å². The van der Waals surface area contributed by atoms with Crippen molar-refractivity contribution in [2.24, 2.45) is 5.73 Å². The molecule has 0 bridgehead atoms. The molecule has 0 fully saturated rings. The van der Waals surface area contributed by atoms with Crippen molar-refractivity contribution in [1.82, 2.24) is 20.1 Å². The monoisotopic (exact) mass is 417 g/mol. The number of hydrogen-bond acceptors (Lipinski definition) is 4. The van der Waals surface area contributed by atoms with Crippen LogP contribution in [0.2, 0.25) is 0 Å². The van der Waals surface area contributed by atoms with E-state index in [0.717, 1.165) is 23.0 Å². The second kappa shape index (κ2) is 9.14. The summed E-state index contributed by atoms with van der Waals surface area (Å²) in [6.45, 7) is 2.81. The maximum absolute atomic E-state index is 13.1. The minimum Gasteiger partial charge on any atom is -0.355 e. The van der Waals surface area contributed by atoms with Gasteiger partial charge in [0, 0.05) is 24.2 Å². The van der Waals surface area contributed by atoms with Crippen molar-refractivity contribution in [3.05, 3.63) is 76.2 Å². The van der Waals surface area contributed by atoms with Gasteiger partial charge in [0.25, 0.3) is 5.56 Å². The zero-order valence-corrected chi connectivity index (χ0v) is 17.6. The Labute approximate surface area is 180 Å². The van der Waals surface area contributed by atoms with Crippen LogP contribution in [0, 0.1) is 6.92 Å². The van der Waals surface area contributed by atoms with Gasteiger partial charge in [0.1, 0.15) is 5.52 Å². The lowest BCUT2D eigenvalue weighted by Crippen LogP contribution is -2.41. The Balaban J connectivity index is 1.38. The minimum absolute atomic E-state index is 0.0640. The third kappa shape index (κ3) is 4.36. The molecule has 7 heteroatoms. The van der Waals surface area contributed by atoms with Gasteiger partial charge in [-0.1, -0.05) is 48.5 Å². The van der Waals surface area contributed by atoms with E-state index >= 15 is 0 Å². The molecule has 4 aromatic rings. The Morgan fingerprint density at radius 1 is 1.16 bits per heavy atom. The summed E-state index contributed by atoms with van der Waals surface area (Å²) in [5.41, 5.74) is 9.46. The predicted molar refractivity (Wildman–Crippen MR) is 123 cm³/mol. The van der Waals surface area contributed by atoms with Crippen molar-refractivity contribution in [2.45, 2.75) is 38.8 Å². The molecule has 2 heterocycles. The summed E-state index contributed by atoms with van der Waals surface area (Å²) in [6, 6.07) is 17.2. The molecule has 0 saturated carbocycles. The lowest BCUT2D eigenvalue weighted by atomic mass is 10.1. The van der Waals surface area contributed by atoms with Gasteiger partial charge in [0.15, 0.2) is 0 Å². The average molecular weight is 418 g/mol. The number of fused-ring (bicyclic) bond motifs is 3. The maximum Gasteiger partial charge on any atom is 0.262 e. The van der Waals surface area contributed by atoms with Crippen molar-refractivity contribution < 1.29 is 4.79 Å². The number of para-hydroxylation sites is 1. The average Bonchev–Trinajstić information content (AvgIpc) is 3.19. The van der Waals surface area contributed by atoms with Gasteiger partial charge in [-0.3, -0.25) is 14.7 Å². The second-order valence-corrected chi connectivity index (χ2v) is 7.82. The SMILES string of the molecule is Cc1[nH]nc2c1c(=O)n(CCCNC(=O)C(N)CCc1ccccc1)c1ccccc21. The van der Waals surface area contributed by atoms with Crippen LogP contribution in [-0.4, -0.2) is 33.3 Å². The van der Waals surface area contributed by atoms with E-state index in [4.69, 9.17) is 5.73 Å². The number of carbonyl (C=O) groups is 1. The molecule has 1 atom stereocenters. The molecule has 2 aromatic carbocycles. The van der Waals surface area contributed by atoms with Crippen molar-refractivity contribution in [3.63, 3.8) is 0 Å². The van der Waals surface area contributed by atoms with Crippen LogP contribution in [0.5, 0.6) is 0 Å². The molecule has 4 N–H and O–H groups in total. The second-order valence-electron chi connectivity index (χ2n) is 7.82. The van der Waals surface area contributed by atoms with E-state index in [1.807, 2.05) is 61.5 Å². The molecule has 2 aromatic heterocycles. The number of hydrogen-bond donors (Lipinski definition) is 3. The first-order valence-electron chi connectivity index (χ1n) is 10.6. The number of nitrogens with zero attached hydrogens (tertiary/aromatic N) is 2. The lowest BCUT2D eigenvalue weighted by molar-refractivity contribution is -0.122. The van der Waals surface area contributed by atoms with Crippen molar-refractivity contribution >= 4 is 27.7 Å². The highest BCUT2D eigenvalue weighted by Crippen LogP contribution is 2.22. The van der Waals surface area contributed by atoms with Crippen LogP contribution in [0.15, 0.2) is 59.4 Å². The normalized spacial score (nSPS) is 12.3. The summed E-state index contributed by atoms with van der Waals surface area (Å²) in [5.74, 6) is -0.158. The van der Waals surface area contributed by atoms with Crippen LogP contribution in [0.4, 0.5) is 0 Å². The van der Waals surface area contributed by atoms with Gasteiger partial charge in [-0.05, 0) is 37.8 Å². The maximum atomic E-state index is 13.1. The van der Waals surface area contributed by atoms with Crippen molar-refractivity contribution in [3.8, 4) is 0 Å². The zero-order valence-electron chi connectivity index (χ0n) is 17.6. The quantitative estimate of drug-likeness (QED) is 0.383. The van der Waals surface area contributed by atoms with Crippen LogP contribution in [0.1, 0.15) is 24.1 Å². The zero-order chi connectivity index (χ0) is 21.8. The van der Waals surface area contributed by atoms with Gasteiger partial charge in [0.05, 0.1) is 16.9 Å². The first-order valence-corrected chi connectivity index (χ1v) is 10.6. The number of benzene rings is 2. The number of carbonyl (C=O) groups excluding carboxylic acids is 1. The number of nitrogens with one attached hydrogen (secondary N) is 2. The molecule has 0 aliphatic carbocycles. The van der Waals surface area contributed by atoms with E-state index in [0.29, 0.717) is 36.8 Å². The van der Waals surface area contributed by atoms with Crippen LogP contribution in [0.3, 0.4) is 0 Å². The van der Waals surface area contributed by atoms with E-state index < -0.39 is 6.04 Å². The Morgan fingerprint density at radius 3 is 2.71 bits per heavy atom. The third-order valence-corrected chi connectivity index (χ3v) is 5.64. The van der Waals surface area contributed by atoms with Gasteiger partial charge in [0.2, 0.25) is 5.91 Å². The highest BCUT2D eigenvalue weighted by Gasteiger charge is 2.16.